The third-order valence-corrected chi connectivity index (χ3v) is 6.52. The number of rotatable bonds is 5. The van der Waals surface area contributed by atoms with Gasteiger partial charge in [-0.05, 0) is 23.8 Å². The van der Waals surface area contributed by atoms with Crippen molar-refractivity contribution in [1.29, 1.82) is 5.26 Å². The molecule has 1 N–H and O–H groups in total. The quantitative estimate of drug-likeness (QED) is 0.894. The Bertz CT molecular complexity index is 680. The Hall–Kier alpha value is -1.42. The Morgan fingerprint density at radius 1 is 1.35 bits per heavy atom. The minimum Gasteiger partial charge on any atom is -0.384 e. The molecule has 1 fully saturated rings. The van der Waals surface area contributed by atoms with Crippen LogP contribution in [0.4, 0.5) is 0 Å². The second-order valence-electron chi connectivity index (χ2n) is 7.09. The van der Waals surface area contributed by atoms with Gasteiger partial charge >= 0.3 is 0 Å². The molecule has 6 heteroatoms. The van der Waals surface area contributed by atoms with Gasteiger partial charge in [-0.25, -0.2) is 8.42 Å². The van der Waals surface area contributed by atoms with Gasteiger partial charge < -0.3 is 5.11 Å². The summed E-state index contributed by atoms with van der Waals surface area (Å²) in [6.07, 6.45) is 1.34. The summed E-state index contributed by atoms with van der Waals surface area (Å²) in [7, 11) is -3.52. The Morgan fingerprint density at radius 3 is 2.61 bits per heavy atom. The average molecular weight is 336 g/mol. The van der Waals surface area contributed by atoms with Gasteiger partial charge in [0.2, 0.25) is 10.0 Å². The molecule has 1 unspecified atom stereocenters. The molecule has 2 rings (SSSR count). The van der Waals surface area contributed by atoms with Gasteiger partial charge in [0, 0.05) is 19.5 Å². The predicted octanol–water partition coefficient (Wildman–Crippen LogP) is 2.24. The van der Waals surface area contributed by atoms with E-state index in [1.54, 1.807) is 13.8 Å². The van der Waals surface area contributed by atoms with Crippen molar-refractivity contribution in [2.75, 3.05) is 18.8 Å². The summed E-state index contributed by atoms with van der Waals surface area (Å²) in [6, 6.07) is 11.3. The molecule has 0 spiro atoms. The summed E-state index contributed by atoms with van der Waals surface area (Å²) in [6.45, 7) is 4.05. The highest BCUT2D eigenvalue weighted by Crippen LogP contribution is 2.34. The lowest BCUT2D eigenvalue weighted by Crippen LogP contribution is -2.50. The van der Waals surface area contributed by atoms with E-state index < -0.39 is 21.0 Å². The summed E-state index contributed by atoms with van der Waals surface area (Å²) in [4.78, 5) is 0. The van der Waals surface area contributed by atoms with Crippen LogP contribution in [0.25, 0.3) is 0 Å². The van der Waals surface area contributed by atoms with Gasteiger partial charge in [-0.15, -0.1) is 0 Å². The second-order valence-corrected chi connectivity index (χ2v) is 9.06. The van der Waals surface area contributed by atoms with Crippen LogP contribution in [0.2, 0.25) is 0 Å². The van der Waals surface area contributed by atoms with Crippen LogP contribution >= 0.6 is 0 Å². The van der Waals surface area contributed by atoms with E-state index in [2.05, 4.69) is 0 Å². The van der Waals surface area contributed by atoms with E-state index in [9.17, 15) is 13.5 Å². The Kier molecular flexibility index (Phi) is 5.14. The largest absolute Gasteiger partial charge is 0.384 e. The molecule has 1 aromatic rings. The number of benzene rings is 1. The summed E-state index contributed by atoms with van der Waals surface area (Å²) in [5.74, 6) is -0.0849. The minimum absolute atomic E-state index is 0.0714. The van der Waals surface area contributed by atoms with Crippen molar-refractivity contribution in [1.82, 2.24) is 4.31 Å². The van der Waals surface area contributed by atoms with Gasteiger partial charge in [0.15, 0.2) is 0 Å². The fourth-order valence-corrected chi connectivity index (χ4v) is 5.16. The first-order chi connectivity index (χ1) is 10.7. The topological polar surface area (TPSA) is 81.4 Å². The molecule has 23 heavy (non-hydrogen) atoms. The molecule has 1 aliphatic rings. The lowest BCUT2D eigenvalue weighted by Gasteiger charge is -2.39. The number of sulfonamides is 1. The molecule has 1 aliphatic heterocycles. The van der Waals surface area contributed by atoms with Crippen molar-refractivity contribution in [3.05, 3.63) is 35.9 Å². The van der Waals surface area contributed by atoms with Gasteiger partial charge in [0.1, 0.15) is 5.60 Å². The molecule has 1 aromatic carbocycles. The van der Waals surface area contributed by atoms with Crippen LogP contribution in [-0.4, -0.2) is 36.7 Å². The third kappa shape index (κ3) is 4.31. The monoisotopic (exact) mass is 336 g/mol. The van der Waals surface area contributed by atoms with Crippen LogP contribution < -0.4 is 0 Å². The lowest BCUT2D eigenvalue weighted by atomic mass is 9.87. The maximum absolute atomic E-state index is 12.7. The van der Waals surface area contributed by atoms with E-state index >= 15 is 0 Å². The standard InChI is InChI=1S/C17H24N2O3S/c1-16(2,10-11-18)14-23(21,22)19-12-6-9-17(20,13-19)15-7-4-3-5-8-15/h3-5,7-8,20H,6,9-10,12-14H2,1-2H3. The molecule has 0 aliphatic carbocycles. The first kappa shape index (κ1) is 17.9. The molecule has 0 radical (unpaired) electrons. The van der Waals surface area contributed by atoms with E-state index in [4.69, 9.17) is 5.26 Å². The van der Waals surface area contributed by atoms with E-state index in [-0.39, 0.29) is 18.7 Å². The molecule has 0 aromatic heterocycles. The number of piperidine rings is 1. The molecule has 1 saturated heterocycles. The Balaban J connectivity index is 2.19. The van der Waals surface area contributed by atoms with Crippen LogP contribution in [0.3, 0.4) is 0 Å². The molecule has 126 valence electrons. The predicted molar refractivity (Wildman–Crippen MR) is 88.9 cm³/mol. The molecule has 0 bridgehead atoms. The number of aliphatic hydroxyl groups is 1. The molecule has 5 nitrogen and oxygen atoms in total. The molecule has 1 atom stereocenters. The smallest absolute Gasteiger partial charge is 0.214 e. The Labute approximate surface area is 138 Å². The molecule has 0 amide bonds. The zero-order chi connectivity index (χ0) is 17.1. The Morgan fingerprint density at radius 2 is 2.00 bits per heavy atom. The van der Waals surface area contributed by atoms with Gasteiger partial charge in [0.25, 0.3) is 0 Å². The van der Waals surface area contributed by atoms with Crippen LogP contribution in [0.1, 0.15) is 38.7 Å². The molecule has 1 heterocycles. The number of hydrogen-bond acceptors (Lipinski definition) is 4. The molecular weight excluding hydrogens is 312 g/mol. The highest BCUT2D eigenvalue weighted by atomic mass is 32.2. The lowest BCUT2D eigenvalue weighted by molar-refractivity contribution is -0.0125. The highest BCUT2D eigenvalue weighted by molar-refractivity contribution is 7.89. The van der Waals surface area contributed by atoms with Crippen molar-refractivity contribution in [2.24, 2.45) is 5.41 Å². The van der Waals surface area contributed by atoms with E-state index in [1.807, 2.05) is 36.4 Å². The van der Waals surface area contributed by atoms with Crippen molar-refractivity contribution in [2.45, 2.75) is 38.7 Å². The van der Waals surface area contributed by atoms with Crippen molar-refractivity contribution < 1.29 is 13.5 Å². The fourth-order valence-electron chi connectivity index (χ4n) is 3.07. The highest BCUT2D eigenvalue weighted by Gasteiger charge is 2.40. The number of hydrogen-bond donors (Lipinski definition) is 1. The van der Waals surface area contributed by atoms with E-state index in [1.165, 1.54) is 4.31 Å². The summed E-state index contributed by atoms with van der Waals surface area (Å²) in [5.41, 5.74) is -1.00. The maximum atomic E-state index is 12.7. The number of nitriles is 1. The number of nitrogens with zero attached hydrogens (tertiary/aromatic N) is 2. The zero-order valence-corrected chi connectivity index (χ0v) is 14.5. The van der Waals surface area contributed by atoms with Crippen LogP contribution in [-0.2, 0) is 15.6 Å². The SMILES string of the molecule is CC(C)(CC#N)CS(=O)(=O)N1CCCC(O)(c2ccccc2)C1. The van der Waals surface area contributed by atoms with Gasteiger partial charge in [-0.2, -0.15) is 9.57 Å². The van der Waals surface area contributed by atoms with Gasteiger partial charge in [0.05, 0.1) is 11.8 Å². The van der Waals surface area contributed by atoms with Crippen molar-refractivity contribution in [3.8, 4) is 6.07 Å². The second kappa shape index (κ2) is 6.60. The van der Waals surface area contributed by atoms with Gasteiger partial charge in [-0.3, -0.25) is 0 Å². The van der Waals surface area contributed by atoms with Crippen molar-refractivity contribution >= 4 is 10.0 Å². The van der Waals surface area contributed by atoms with Crippen LogP contribution in [0, 0.1) is 16.7 Å². The normalized spacial score (nSPS) is 23.4. The van der Waals surface area contributed by atoms with Crippen LogP contribution in [0.5, 0.6) is 0 Å². The zero-order valence-electron chi connectivity index (χ0n) is 13.7. The average Bonchev–Trinajstić information content (AvgIpc) is 2.47. The fraction of sp³-hybridized carbons (Fsp3) is 0.588. The maximum Gasteiger partial charge on any atom is 0.214 e. The molecular formula is C17H24N2O3S. The van der Waals surface area contributed by atoms with Gasteiger partial charge in [-0.1, -0.05) is 44.2 Å². The summed E-state index contributed by atoms with van der Waals surface area (Å²) in [5, 5.41) is 19.8. The first-order valence-electron chi connectivity index (χ1n) is 7.81. The number of β-amino-alcohol motifs (C(OH)–C–C–N with tert-alkyl or cyclic N) is 1. The summed E-state index contributed by atoms with van der Waals surface area (Å²) < 4.78 is 26.8. The molecule has 0 saturated carbocycles. The minimum atomic E-state index is -3.52. The van der Waals surface area contributed by atoms with Crippen LogP contribution in [0.15, 0.2) is 30.3 Å². The van der Waals surface area contributed by atoms with Crippen molar-refractivity contribution in [3.63, 3.8) is 0 Å². The van der Waals surface area contributed by atoms with E-state index in [0.717, 1.165) is 5.56 Å². The first-order valence-corrected chi connectivity index (χ1v) is 9.42. The summed E-state index contributed by atoms with van der Waals surface area (Å²) >= 11 is 0. The van der Waals surface area contributed by atoms with E-state index in [0.29, 0.717) is 19.4 Å². The third-order valence-electron chi connectivity index (χ3n) is 4.27.